The Hall–Kier alpha value is -1.10. The maximum atomic E-state index is 11.4. The van der Waals surface area contributed by atoms with Crippen LogP contribution in [0.4, 0.5) is 4.79 Å². The van der Waals surface area contributed by atoms with E-state index in [1.165, 1.54) is 4.90 Å². The van der Waals surface area contributed by atoms with Gasteiger partial charge in [-0.2, -0.15) is 0 Å². The van der Waals surface area contributed by atoms with E-state index in [-0.39, 0.29) is 18.5 Å². The second kappa shape index (κ2) is 4.18. The molecular formula is C10H17N3O2. The first-order valence-electron chi connectivity index (χ1n) is 5.47. The molecule has 2 saturated heterocycles. The van der Waals surface area contributed by atoms with E-state index in [1.807, 2.05) is 0 Å². The van der Waals surface area contributed by atoms with Crippen LogP contribution in [0.3, 0.4) is 0 Å². The molecule has 0 aliphatic carbocycles. The predicted molar refractivity (Wildman–Crippen MR) is 55.3 cm³/mol. The van der Waals surface area contributed by atoms with E-state index in [4.69, 9.17) is 0 Å². The van der Waals surface area contributed by atoms with E-state index in [9.17, 15) is 9.59 Å². The maximum absolute atomic E-state index is 11.4. The second-order valence-electron chi connectivity index (χ2n) is 4.39. The van der Waals surface area contributed by atoms with E-state index >= 15 is 0 Å². The molecule has 0 saturated carbocycles. The number of nitrogens with zero attached hydrogens (tertiary/aromatic N) is 1. The summed E-state index contributed by atoms with van der Waals surface area (Å²) >= 11 is 0. The number of hydrogen-bond acceptors (Lipinski definition) is 3. The highest BCUT2D eigenvalue weighted by molar-refractivity contribution is 6.01. The Balaban J connectivity index is 1.95. The summed E-state index contributed by atoms with van der Waals surface area (Å²) in [6.45, 7) is 4.84. The Bertz CT molecular complexity index is 264. The molecule has 0 radical (unpaired) electrons. The zero-order valence-electron chi connectivity index (χ0n) is 8.95. The number of urea groups is 1. The zero-order chi connectivity index (χ0) is 10.8. The highest BCUT2D eigenvalue weighted by atomic mass is 16.2. The van der Waals surface area contributed by atoms with E-state index in [0.717, 1.165) is 19.5 Å². The van der Waals surface area contributed by atoms with Gasteiger partial charge in [-0.1, -0.05) is 6.92 Å². The SMILES string of the molecule is CC1CCNCC1CN1C(=O)CNC1=O. The van der Waals surface area contributed by atoms with E-state index in [1.54, 1.807) is 0 Å². The van der Waals surface area contributed by atoms with Gasteiger partial charge in [0.1, 0.15) is 0 Å². The number of carbonyl (C=O) groups is 2. The minimum atomic E-state index is -0.238. The number of hydrogen-bond donors (Lipinski definition) is 2. The van der Waals surface area contributed by atoms with Crippen molar-refractivity contribution in [2.75, 3.05) is 26.2 Å². The molecule has 5 nitrogen and oxygen atoms in total. The average molecular weight is 211 g/mol. The summed E-state index contributed by atoms with van der Waals surface area (Å²) in [5, 5.41) is 5.84. The largest absolute Gasteiger partial charge is 0.329 e. The van der Waals surface area contributed by atoms with Crippen molar-refractivity contribution in [3.8, 4) is 0 Å². The highest BCUT2D eigenvalue weighted by Crippen LogP contribution is 2.20. The van der Waals surface area contributed by atoms with Crippen LogP contribution in [0.25, 0.3) is 0 Å². The molecule has 2 unspecified atom stereocenters. The van der Waals surface area contributed by atoms with Crippen molar-refractivity contribution in [2.45, 2.75) is 13.3 Å². The Kier molecular flexibility index (Phi) is 2.90. The normalized spacial score (nSPS) is 31.9. The van der Waals surface area contributed by atoms with Gasteiger partial charge in [-0.25, -0.2) is 4.79 Å². The molecule has 2 aliphatic rings. The predicted octanol–water partition coefficient (Wildman–Crippen LogP) is -0.216. The van der Waals surface area contributed by atoms with Crippen LogP contribution in [0.5, 0.6) is 0 Å². The van der Waals surface area contributed by atoms with Gasteiger partial charge in [-0.05, 0) is 31.3 Å². The molecule has 0 aromatic carbocycles. The monoisotopic (exact) mass is 211 g/mol. The summed E-state index contributed by atoms with van der Waals surface area (Å²) in [5.74, 6) is 0.872. The standard InChI is InChI=1S/C10H17N3O2/c1-7-2-3-11-4-8(7)6-13-9(14)5-12-10(13)15/h7-8,11H,2-6H2,1H3,(H,12,15). The van der Waals surface area contributed by atoms with E-state index < -0.39 is 0 Å². The maximum Gasteiger partial charge on any atom is 0.324 e. The van der Waals surface area contributed by atoms with E-state index in [2.05, 4.69) is 17.6 Å². The topological polar surface area (TPSA) is 61.4 Å². The molecule has 0 spiro atoms. The molecule has 2 aliphatic heterocycles. The van der Waals surface area contributed by atoms with Crippen LogP contribution >= 0.6 is 0 Å². The molecule has 5 heteroatoms. The molecule has 2 heterocycles. The summed E-state index contributed by atoms with van der Waals surface area (Å²) in [7, 11) is 0. The first kappa shape index (κ1) is 10.4. The Morgan fingerprint density at radius 2 is 2.27 bits per heavy atom. The third-order valence-corrected chi connectivity index (χ3v) is 3.34. The van der Waals surface area contributed by atoms with Crippen molar-refractivity contribution in [2.24, 2.45) is 11.8 Å². The number of nitrogens with one attached hydrogen (secondary N) is 2. The average Bonchev–Trinajstić information content (AvgIpc) is 2.53. The smallest absolute Gasteiger partial charge is 0.324 e. The molecule has 3 amide bonds. The Morgan fingerprint density at radius 1 is 1.47 bits per heavy atom. The van der Waals surface area contributed by atoms with Crippen molar-refractivity contribution >= 4 is 11.9 Å². The molecule has 15 heavy (non-hydrogen) atoms. The van der Waals surface area contributed by atoms with Gasteiger partial charge in [0.05, 0.1) is 6.54 Å². The van der Waals surface area contributed by atoms with Gasteiger partial charge in [0.15, 0.2) is 0 Å². The van der Waals surface area contributed by atoms with Gasteiger partial charge in [0.25, 0.3) is 0 Å². The van der Waals surface area contributed by atoms with Gasteiger partial charge >= 0.3 is 6.03 Å². The Morgan fingerprint density at radius 3 is 2.87 bits per heavy atom. The fourth-order valence-electron chi connectivity index (χ4n) is 2.17. The quantitative estimate of drug-likeness (QED) is 0.621. The zero-order valence-corrected chi connectivity index (χ0v) is 8.95. The van der Waals surface area contributed by atoms with Gasteiger partial charge in [-0.15, -0.1) is 0 Å². The lowest BCUT2D eigenvalue weighted by Crippen LogP contribution is -2.44. The summed E-state index contributed by atoms with van der Waals surface area (Å²) in [5.41, 5.74) is 0. The van der Waals surface area contributed by atoms with Crippen molar-refractivity contribution in [1.82, 2.24) is 15.5 Å². The van der Waals surface area contributed by atoms with Crippen molar-refractivity contribution < 1.29 is 9.59 Å². The van der Waals surface area contributed by atoms with Crippen LogP contribution in [0.15, 0.2) is 0 Å². The summed E-state index contributed by atoms with van der Waals surface area (Å²) in [4.78, 5) is 24.1. The van der Waals surface area contributed by atoms with Crippen LogP contribution in [0.2, 0.25) is 0 Å². The van der Waals surface area contributed by atoms with Gasteiger partial charge in [-0.3, -0.25) is 9.69 Å². The van der Waals surface area contributed by atoms with Crippen LogP contribution < -0.4 is 10.6 Å². The molecule has 2 fully saturated rings. The lowest BCUT2D eigenvalue weighted by Gasteiger charge is -2.31. The molecule has 2 N–H and O–H groups in total. The Labute approximate surface area is 89.2 Å². The number of carbonyl (C=O) groups excluding carboxylic acids is 2. The van der Waals surface area contributed by atoms with Crippen LogP contribution in [0.1, 0.15) is 13.3 Å². The summed E-state index contributed by atoms with van der Waals surface area (Å²) < 4.78 is 0. The molecular weight excluding hydrogens is 194 g/mol. The van der Waals surface area contributed by atoms with Crippen molar-refractivity contribution in [1.29, 1.82) is 0 Å². The van der Waals surface area contributed by atoms with E-state index in [0.29, 0.717) is 18.4 Å². The molecule has 2 rings (SSSR count). The second-order valence-corrected chi connectivity index (χ2v) is 4.39. The number of imide groups is 1. The minimum absolute atomic E-state index is 0.0993. The lowest BCUT2D eigenvalue weighted by atomic mass is 9.88. The molecule has 2 atom stereocenters. The van der Waals surface area contributed by atoms with Gasteiger partial charge in [0.2, 0.25) is 5.91 Å². The molecule has 0 bridgehead atoms. The summed E-state index contributed by atoms with van der Waals surface area (Å²) in [6, 6.07) is -0.238. The third kappa shape index (κ3) is 2.12. The summed E-state index contributed by atoms with van der Waals surface area (Å²) in [6.07, 6.45) is 1.12. The number of amides is 3. The molecule has 0 aromatic heterocycles. The number of rotatable bonds is 2. The van der Waals surface area contributed by atoms with Crippen LogP contribution in [-0.2, 0) is 4.79 Å². The number of piperidine rings is 1. The van der Waals surface area contributed by atoms with Crippen LogP contribution in [0, 0.1) is 11.8 Å². The first-order chi connectivity index (χ1) is 7.18. The van der Waals surface area contributed by atoms with Gasteiger partial charge in [0, 0.05) is 6.54 Å². The molecule has 0 aromatic rings. The fourth-order valence-corrected chi connectivity index (χ4v) is 2.17. The van der Waals surface area contributed by atoms with Crippen LogP contribution in [-0.4, -0.2) is 43.0 Å². The lowest BCUT2D eigenvalue weighted by molar-refractivity contribution is -0.125. The van der Waals surface area contributed by atoms with Crippen molar-refractivity contribution in [3.63, 3.8) is 0 Å². The third-order valence-electron chi connectivity index (χ3n) is 3.34. The molecule has 84 valence electrons. The first-order valence-corrected chi connectivity index (χ1v) is 5.47. The minimum Gasteiger partial charge on any atom is -0.329 e. The fraction of sp³-hybridized carbons (Fsp3) is 0.800. The van der Waals surface area contributed by atoms with Crippen molar-refractivity contribution in [3.05, 3.63) is 0 Å². The van der Waals surface area contributed by atoms with Gasteiger partial charge < -0.3 is 10.6 Å². The highest BCUT2D eigenvalue weighted by Gasteiger charge is 2.32.